The number of nitro groups is 1. The highest BCUT2D eigenvalue weighted by atomic mass is 16.6. The second-order valence-corrected chi connectivity index (χ2v) is 7.70. The van der Waals surface area contributed by atoms with E-state index in [1.807, 2.05) is 76.2 Å². The summed E-state index contributed by atoms with van der Waals surface area (Å²) in [4.78, 5) is 41.0. The van der Waals surface area contributed by atoms with E-state index >= 15 is 0 Å². The third kappa shape index (κ3) is 4.92. The van der Waals surface area contributed by atoms with E-state index in [0.717, 1.165) is 22.5 Å². The molecule has 0 unspecified atom stereocenters. The van der Waals surface area contributed by atoms with Crippen molar-refractivity contribution in [3.8, 4) is 0 Å². The standard InChI is InChI=1S/C26H27N3O4/c1-5-27(23-13-9-7-11-18(23)3)25(30)20-15-21(17-22(16-20)29(32)33)26(31)28(6-2)24-14-10-8-12-19(24)4/h7-17H,5-6H2,1-4H3. The molecule has 7 nitrogen and oxygen atoms in total. The number of carbonyl (C=O) groups is 2. The third-order valence-corrected chi connectivity index (χ3v) is 5.56. The summed E-state index contributed by atoms with van der Waals surface area (Å²) in [6.45, 7) is 8.22. The van der Waals surface area contributed by atoms with Gasteiger partial charge in [0.15, 0.2) is 0 Å². The number of carbonyl (C=O) groups excluding carboxylic acids is 2. The van der Waals surface area contributed by atoms with Crippen molar-refractivity contribution in [1.82, 2.24) is 0 Å². The van der Waals surface area contributed by atoms with Crippen LogP contribution in [-0.4, -0.2) is 29.8 Å². The van der Waals surface area contributed by atoms with E-state index in [-0.39, 0.29) is 16.8 Å². The summed E-state index contributed by atoms with van der Waals surface area (Å²) in [6.07, 6.45) is 0. The summed E-state index contributed by atoms with van der Waals surface area (Å²) in [5.74, 6) is -0.799. The molecule has 0 atom stereocenters. The molecule has 2 amide bonds. The van der Waals surface area contributed by atoms with E-state index in [9.17, 15) is 19.7 Å². The Labute approximate surface area is 193 Å². The van der Waals surface area contributed by atoms with Gasteiger partial charge in [-0.2, -0.15) is 0 Å². The molecule has 3 aromatic carbocycles. The highest BCUT2D eigenvalue weighted by Gasteiger charge is 2.25. The molecule has 0 N–H and O–H groups in total. The smallest absolute Gasteiger partial charge is 0.271 e. The van der Waals surface area contributed by atoms with Crippen LogP contribution >= 0.6 is 0 Å². The molecule has 0 saturated heterocycles. The van der Waals surface area contributed by atoms with Crippen LogP contribution < -0.4 is 9.80 Å². The molecule has 0 bridgehead atoms. The first-order valence-corrected chi connectivity index (χ1v) is 10.8. The lowest BCUT2D eigenvalue weighted by atomic mass is 10.0. The summed E-state index contributed by atoms with van der Waals surface area (Å²) >= 11 is 0. The predicted octanol–water partition coefficient (Wildman–Crippen LogP) is 5.55. The van der Waals surface area contributed by atoms with Gasteiger partial charge >= 0.3 is 0 Å². The first-order valence-electron chi connectivity index (χ1n) is 10.8. The normalized spacial score (nSPS) is 10.5. The number of aryl methyl sites for hydroxylation is 2. The Kier molecular flexibility index (Phi) is 7.23. The average Bonchev–Trinajstić information content (AvgIpc) is 2.81. The maximum absolute atomic E-state index is 13.4. The molecule has 0 saturated carbocycles. The number of nitrogens with zero attached hydrogens (tertiary/aromatic N) is 3. The van der Waals surface area contributed by atoms with Crippen LogP contribution in [-0.2, 0) is 0 Å². The van der Waals surface area contributed by atoms with E-state index in [1.54, 1.807) is 9.80 Å². The maximum atomic E-state index is 13.4. The molecular formula is C26H27N3O4. The lowest BCUT2D eigenvalue weighted by molar-refractivity contribution is -0.384. The number of non-ortho nitro benzene ring substituents is 1. The molecule has 0 fully saturated rings. The van der Waals surface area contributed by atoms with Crippen molar-refractivity contribution in [2.75, 3.05) is 22.9 Å². The Balaban J connectivity index is 2.08. The van der Waals surface area contributed by atoms with Gasteiger partial charge < -0.3 is 9.80 Å². The van der Waals surface area contributed by atoms with Gasteiger partial charge in [-0.3, -0.25) is 19.7 Å². The monoisotopic (exact) mass is 445 g/mol. The van der Waals surface area contributed by atoms with E-state index in [2.05, 4.69) is 0 Å². The number of hydrogen-bond donors (Lipinski definition) is 0. The van der Waals surface area contributed by atoms with Gasteiger partial charge in [-0.25, -0.2) is 0 Å². The summed E-state index contributed by atoms with van der Waals surface area (Å²) in [5.41, 5.74) is 3.15. The third-order valence-electron chi connectivity index (χ3n) is 5.56. The quantitative estimate of drug-likeness (QED) is 0.353. The number of para-hydroxylation sites is 2. The highest BCUT2D eigenvalue weighted by molar-refractivity contribution is 6.11. The summed E-state index contributed by atoms with van der Waals surface area (Å²) in [6, 6.07) is 18.8. The van der Waals surface area contributed by atoms with Gasteiger partial charge in [0.2, 0.25) is 0 Å². The topological polar surface area (TPSA) is 83.8 Å². The molecule has 0 heterocycles. The second-order valence-electron chi connectivity index (χ2n) is 7.70. The lowest BCUT2D eigenvalue weighted by Gasteiger charge is -2.24. The minimum Gasteiger partial charge on any atom is -0.308 e. The molecule has 0 aliphatic rings. The minimum absolute atomic E-state index is 0.0958. The fraction of sp³-hybridized carbons (Fsp3) is 0.231. The summed E-state index contributed by atoms with van der Waals surface area (Å²) in [5, 5.41) is 11.6. The number of benzene rings is 3. The van der Waals surface area contributed by atoms with Crippen LogP contribution in [0.1, 0.15) is 45.7 Å². The van der Waals surface area contributed by atoms with Crippen LogP contribution in [0.5, 0.6) is 0 Å². The molecule has 0 aliphatic heterocycles. The molecule has 0 spiro atoms. The maximum Gasteiger partial charge on any atom is 0.271 e. The van der Waals surface area contributed by atoms with Gasteiger partial charge in [-0.15, -0.1) is 0 Å². The minimum atomic E-state index is -0.582. The lowest BCUT2D eigenvalue weighted by Crippen LogP contribution is -2.33. The Morgan fingerprint density at radius 2 is 1.15 bits per heavy atom. The Hall–Kier alpha value is -4.00. The second kappa shape index (κ2) is 10.1. The van der Waals surface area contributed by atoms with Gasteiger partial charge in [0.25, 0.3) is 17.5 Å². The van der Waals surface area contributed by atoms with E-state index in [4.69, 9.17) is 0 Å². The highest BCUT2D eigenvalue weighted by Crippen LogP contribution is 2.27. The van der Waals surface area contributed by atoms with Crippen LogP contribution in [0.15, 0.2) is 66.7 Å². The molecule has 33 heavy (non-hydrogen) atoms. The van der Waals surface area contributed by atoms with Crippen LogP contribution in [0, 0.1) is 24.0 Å². The Morgan fingerprint density at radius 3 is 1.48 bits per heavy atom. The summed E-state index contributed by atoms with van der Waals surface area (Å²) < 4.78 is 0. The van der Waals surface area contributed by atoms with Crippen LogP contribution in [0.4, 0.5) is 17.1 Å². The Morgan fingerprint density at radius 1 is 0.758 bits per heavy atom. The number of hydrogen-bond acceptors (Lipinski definition) is 4. The van der Waals surface area contributed by atoms with Gasteiger partial charge in [0.1, 0.15) is 0 Å². The van der Waals surface area contributed by atoms with E-state index < -0.39 is 16.7 Å². The first kappa shape index (κ1) is 23.7. The van der Waals surface area contributed by atoms with Gasteiger partial charge in [0, 0.05) is 47.7 Å². The predicted molar refractivity (Wildman–Crippen MR) is 130 cm³/mol. The largest absolute Gasteiger partial charge is 0.308 e. The average molecular weight is 446 g/mol. The van der Waals surface area contributed by atoms with Crippen molar-refractivity contribution in [2.45, 2.75) is 27.7 Å². The number of nitro benzene ring substituents is 1. The van der Waals surface area contributed by atoms with E-state index in [0.29, 0.717) is 13.1 Å². The van der Waals surface area contributed by atoms with Gasteiger partial charge in [-0.05, 0) is 57.0 Å². The molecule has 0 aromatic heterocycles. The van der Waals surface area contributed by atoms with Crippen LogP contribution in [0.25, 0.3) is 0 Å². The van der Waals surface area contributed by atoms with Crippen molar-refractivity contribution in [3.63, 3.8) is 0 Å². The SMILES string of the molecule is CCN(C(=O)c1cc(C(=O)N(CC)c2ccccc2C)cc([N+](=O)[O-])c1)c1ccccc1C. The van der Waals surface area contributed by atoms with Crippen LogP contribution in [0.2, 0.25) is 0 Å². The molecule has 7 heteroatoms. The van der Waals surface area contributed by atoms with Crippen LogP contribution in [0.3, 0.4) is 0 Å². The molecule has 0 radical (unpaired) electrons. The molecular weight excluding hydrogens is 418 g/mol. The zero-order valence-electron chi connectivity index (χ0n) is 19.2. The molecule has 3 rings (SSSR count). The molecule has 3 aromatic rings. The van der Waals surface area contributed by atoms with Gasteiger partial charge in [-0.1, -0.05) is 36.4 Å². The Bertz CT molecular complexity index is 1120. The number of anilines is 2. The van der Waals surface area contributed by atoms with Crippen molar-refractivity contribution in [1.29, 1.82) is 0 Å². The number of amides is 2. The zero-order chi connectivity index (χ0) is 24.1. The van der Waals surface area contributed by atoms with Gasteiger partial charge in [0.05, 0.1) is 4.92 Å². The van der Waals surface area contributed by atoms with E-state index in [1.165, 1.54) is 18.2 Å². The van der Waals surface area contributed by atoms with Crippen molar-refractivity contribution >= 4 is 28.9 Å². The summed E-state index contributed by atoms with van der Waals surface area (Å²) in [7, 11) is 0. The molecule has 170 valence electrons. The van der Waals surface area contributed by atoms with Crippen molar-refractivity contribution in [3.05, 3.63) is 99.1 Å². The van der Waals surface area contributed by atoms with Crippen molar-refractivity contribution in [2.24, 2.45) is 0 Å². The fourth-order valence-corrected chi connectivity index (χ4v) is 3.85. The first-order chi connectivity index (χ1) is 15.8. The fourth-order valence-electron chi connectivity index (χ4n) is 3.85. The molecule has 0 aliphatic carbocycles. The van der Waals surface area contributed by atoms with Crippen molar-refractivity contribution < 1.29 is 14.5 Å². The number of rotatable bonds is 7. The zero-order valence-corrected chi connectivity index (χ0v) is 19.2.